The first-order valence-electron chi connectivity index (χ1n) is 9.54. The van der Waals surface area contributed by atoms with E-state index in [-0.39, 0.29) is 11.5 Å². The summed E-state index contributed by atoms with van der Waals surface area (Å²) in [6, 6.07) is 6.18. The van der Waals surface area contributed by atoms with E-state index in [9.17, 15) is 10.2 Å². The van der Waals surface area contributed by atoms with Gasteiger partial charge in [-0.05, 0) is 12.1 Å². The molecular formula is C19H24N6O4. The monoisotopic (exact) mass is 400 g/mol. The van der Waals surface area contributed by atoms with Crippen molar-refractivity contribution in [2.45, 2.75) is 0 Å². The smallest absolute Gasteiger partial charge is 0.229 e. The molecule has 10 heteroatoms. The number of rotatable bonds is 5. The molecule has 0 atom stereocenters. The van der Waals surface area contributed by atoms with Crippen molar-refractivity contribution in [3.05, 3.63) is 29.8 Å². The first-order chi connectivity index (χ1) is 14.2. The number of aromatic hydroxyl groups is 2. The fourth-order valence-electron chi connectivity index (χ4n) is 3.15. The molecule has 2 aromatic rings. The number of phenolic OH excluding ortho intramolecular Hbond substituents is 2. The van der Waals surface area contributed by atoms with E-state index in [0.717, 1.165) is 32.0 Å². The van der Waals surface area contributed by atoms with Gasteiger partial charge in [0.15, 0.2) is 5.82 Å². The molecule has 29 heavy (non-hydrogen) atoms. The highest BCUT2D eigenvalue weighted by Crippen LogP contribution is 2.23. The van der Waals surface area contributed by atoms with Crippen LogP contribution in [0.3, 0.4) is 0 Å². The molecule has 2 aliphatic heterocycles. The van der Waals surface area contributed by atoms with Gasteiger partial charge in [-0.2, -0.15) is 15.1 Å². The fraction of sp³-hybridized carbons (Fsp3) is 0.421. The molecule has 0 saturated carbocycles. The van der Waals surface area contributed by atoms with Crippen LogP contribution in [0.2, 0.25) is 0 Å². The highest BCUT2D eigenvalue weighted by atomic mass is 16.5. The SMILES string of the molecule is Oc1ccc(/C=N/Nc2cc(N3CCOCC3)nc(N3CCOCC3)n2)c(O)c1. The van der Waals surface area contributed by atoms with Crippen LogP contribution in [0.1, 0.15) is 5.56 Å². The van der Waals surface area contributed by atoms with Crippen molar-refractivity contribution in [1.82, 2.24) is 9.97 Å². The van der Waals surface area contributed by atoms with Crippen molar-refractivity contribution in [2.24, 2.45) is 5.10 Å². The second-order valence-corrected chi connectivity index (χ2v) is 6.72. The minimum absolute atomic E-state index is 0.00582. The lowest BCUT2D eigenvalue weighted by molar-refractivity contribution is 0.121. The summed E-state index contributed by atoms with van der Waals surface area (Å²) < 4.78 is 10.9. The number of hydrogen-bond donors (Lipinski definition) is 3. The van der Waals surface area contributed by atoms with E-state index in [2.05, 4.69) is 25.3 Å². The summed E-state index contributed by atoms with van der Waals surface area (Å²) in [5.41, 5.74) is 3.40. The average molecular weight is 400 g/mol. The lowest BCUT2D eigenvalue weighted by Gasteiger charge is -2.31. The molecule has 1 aromatic carbocycles. The summed E-state index contributed by atoms with van der Waals surface area (Å²) in [6.07, 6.45) is 1.47. The number of hydrogen-bond acceptors (Lipinski definition) is 10. The Labute approximate surface area is 168 Å². The third-order valence-electron chi connectivity index (χ3n) is 4.73. The highest BCUT2D eigenvalue weighted by molar-refractivity contribution is 5.84. The third kappa shape index (κ3) is 4.84. The molecule has 2 saturated heterocycles. The van der Waals surface area contributed by atoms with Crippen LogP contribution >= 0.6 is 0 Å². The lowest BCUT2D eigenvalue weighted by Crippen LogP contribution is -2.39. The Morgan fingerprint density at radius 3 is 2.31 bits per heavy atom. The first kappa shape index (κ1) is 19.2. The Morgan fingerprint density at radius 2 is 1.62 bits per heavy atom. The molecule has 154 valence electrons. The van der Waals surface area contributed by atoms with Crippen molar-refractivity contribution in [3.8, 4) is 11.5 Å². The molecule has 0 bridgehead atoms. The van der Waals surface area contributed by atoms with Crippen LogP contribution < -0.4 is 15.2 Å². The van der Waals surface area contributed by atoms with Gasteiger partial charge in [0.1, 0.15) is 17.3 Å². The van der Waals surface area contributed by atoms with E-state index in [4.69, 9.17) is 14.5 Å². The molecule has 2 fully saturated rings. The highest BCUT2D eigenvalue weighted by Gasteiger charge is 2.19. The van der Waals surface area contributed by atoms with E-state index in [1.165, 1.54) is 18.3 Å². The number of phenols is 2. The molecular weight excluding hydrogens is 376 g/mol. The van der Waals surface area contributed by atoms with Crippen LogP contribution in [0.15, 0.2) is 29.4 Å². The summed E-state index contributed by atoms with van der Waals surface area (Å²) in [4.78, 5) is 13.6. The van der Waals surface area contributed by atoms with Crippen molar-refractivity contribution in [2.75, 3.05) is 67.8 Å². The van der Waals surface area contributed by atoms with Crippen molar-refractivity contribution < 1.29 is 19.7 Å². The molecule has 3 N–H and O–H groups in total. The third-order valence-corrected chi connectivity index (χ3v) is 4.73. The average Bonchev–Trinajstić information content (AvgIpc) is 2.76. The lowest BCUT2D eigenvalue weighted by atomic mass is 10.2. The Morgan fingerprint density at radius 1 is 0.931 bits per heavy atom. The Bertz CT molecular complexity index is 830. The molecule has 1 aromatic heterocycles. The number of anilines is 3. The number of nitrogens with one attached hydrogen (secondary N) is 1. The summed E-state index contributed by atoms with van der Waals surface area (Å²) >= 11 is 0. The van der Waals surface area contributed by atoms with Gasteiger partial charge in [-0.1, -0.05) is 0 Å². The van der Waals surface area contributed by atoms with Gasteiger partial charge in [0.25, 0.3) is 0 Å². The second kappa shape index (κ2) is 8.93. The minimum atomic E-state index is -0.0544. The fourth-order valence-corrected chi connectivity index (χ4v) is 3.15. The van der Waals surface area contributed by atoms with Crippen molar-refractivity contribution in [3.63, 3.8) is 0 Å². The zero-order valence-electron chi connectivity index (χ0n) is 16.0. The maximum Gasteiger partial charge on any atom is 0.229 e. The largest absolute Gasteiger partial charge is 0.508 e. The predicted molar refractivity (Wildman–Crippen MR) is 109 cm³/mol. The molecule has 0 spiro atoms. The zero-order chi connectivity index (χ0) is 20.1. The number of ether oxygens (including phenoxy) is 2. The molecule has 0 unspecified atom stereocenters. The number of hydrazone groups is 1. The number of morpholine rings is 2. The van der Waals surface area contributed by atoms with E-state index in [1.54, 1.807) is 6.07 Å². The Balaban J connectivity index is 1.56. The number of nitrogens with zero attached hydrogens (tertiary/aromatic N) is 5. The van der Waals surface area contributed by atoms with Crippen molar-refractivity contribution in [1.29, 1.82) is 0 Å². The van der Waals surface area contributed by atoms with Crippen LogP contribution in [0.4, 0.5) is 17.6 Å². The standard InChI is InChI=1S/C19H24N6O4/c26-15-2-1-14(16(27)11-15)13-20-23-17-12-18(24-3-7-28-8-4-24)22-19(21-17)25-5-9-29-10-6-25/h1-2,11-13,26-27H,3-10H2,(H,21,22,23)/b20-13+. The normalized spacial score (nSPS) is 17.7. The summed E-state index contributed by atoms with van der Waals surface area (Å²) in [7, 11) is 0. The maximum atomic E-state index is 9.88. The number of aromatic nitrogens is 2. The summed E-state index contributed by atoms with van der Waals surface area (Å²) in [5.74, 6) is 1.94. The molecule has 3 heterocycles. The van der Waals surface area contributed by atoms with Crippen molar-refractivity contribution >= 4 is 23.8 Å². The quantitative estimate of drug-likeness (QED) is 0.499. The molecule has 2 aliphatic rings. The first-order valence-corrected chi connectivity index (χ1v) is 9.54. The van der Waals surface area contributed by atoms with Gasteiger partial charge in [0.05, 0.1) is 32.6 Å². The van der Waals surface area contributed by atoms with Crippen LogP contribution in [-0.2, 0) is 9.47 Å². The van der Waals surface area contributed by atoms with Gasteiger partial charge in [-0.3, -0.25) is 5.43 Å². The molecule has 10 nitrogen and oxygen atoms in total. The zero-order valence-corrected chi connectivity index (χ0v) is 16.0. The second-order valence-electron chi connectivity index (χ2n) is 6.72. The molecule has 0 aliphatic carbocycles. The topological polar surface area (TPSA) is 116 Å². The van der Waals surface area contributed by atoms with E-state index in [1.807, 2.05) is 6.07 Å². The van der Waals surface area contributed by atoms with Crippen LogP contribution in [0.5, 0.6) is 11.5 Å². The summed E-state index contributed by atoms with van der Waals surface area (Å²) in [6.45, 7) is 5.62. The van der Waals surface area contributed by atoms with Gasteiger partial charge >= 0.3 is 0 Å². The van der Waals surface area contributed by atoms with Crippen LogP contribution in [-0.4, -0.2) is 79.0 Å². The van der Waals surface area contributed by atoms with E-state index < -0.39 is 0 Å². The molecule has 0 radical (unpaired) electrons. The van der Waals surface area contributed by atoms with Gasteiger partial charge < -0.3 is 29.5 Å². The molecule has 0 amide bonds. The van der Waals surface area contributed by atoms with Crippen LogP contribution in [0.25, 0.3) is 0 Å². The summed E-state index contributed by atoms with van der Waals surface area (Å²) in [5, 5.41) is 23.4. The van der Waals surface area contributed by atoms with Gasteiger partial charge in [0, 0.05) is 43.9 Å². The van der Waals surface area contributed by atoms with Gasteiger partial charge in [-0.25, -0.2) is 0 Å². The molecule has 4 rings (SSSR count). The van der Waals surface area contributed by atoms with Gasteiger partial charge in [0.2, 0.25) is 5.95 Å². The maximum absolute atomic E-state index is 9.88. The Kier molecular flexibility index (Phi) is 5.92. The van der Waals surface area contributed by atoms with Crippen LogP contribution in [0, 0.1) is 0 Å². The predicted octanol–water partition coefficient (Wildman–Crippen LogP) is 1.01. The van der Waals surface area contributed by atoms with Gasteiger partial charge in [-0.15, -0.1) is 0 Å². The minimum Gasteiger partial charge on any atom is -0.508 e. The number of benzene rings is 1. The van der Waals surface area contributed by atoms with E-state index in [0.29, 0.717) is 43.8 Å². The van der Waals surface area contributed by atoms with E-state index >= 15 is 0 Å². The Hall–Kier alpha value is -3.11.